The molecule has 0 heterocycles. The normalized spacial score (nSPS) is 12.0. The SMILES string of the molecule is COc1cc(C)c(C(C[Se]c2ccccc2)c2ccccc2)c(C)c1C. The summed E-state index contributed by atoms with van der Waals surface area (Å²) >= 11 is 0.439. The molecule has 0 radical (unpaired) electrons. The molecule has 1 atom stereocenters. The zero-order valence-corrected chi connectivity index (χ0v) is 17.7. The molecule has 3 rings (SSSR count). The first-order valence-electron chi connectivity index (χ1n) is 8.99. The number of hydrogen-bond acceptors (Lipinski definition) is 1. The molecule has 0 spiro atoms. The van der Waals surface area contributed by atoms with Crippen molar-refractivity contribution in [2.75, 3.05) is 7.11 Å². The van der Waals surface area contributed by atoms with Crippen LogP contribution in [0.15, 0.2) is 66.7 Å². The Morgan fingerprint density at radius 3 is 2.08 bits per heavy atom. The van der Waals surface area contributed by atoms with Crippen LogP contribution >= 0.6 is 0 Å². The third-order valence-electron chi connectivity index (χ3n) is 5.04. The summed E-state index contributed by atoms with van der Waals surface area (Å²) in [4.78, 5) is 0. The molecule has 0 aliphatic heterocycles. The van der Waals surface area contributed by atoms with Gasteiger partial charge in [0.25, 0.3) is 0 Å². The van der Waals surface area contributed by atoms with Crippen molar-refractivity contribution in [1.29, 1.82) is 0 Å². The van der Waals surface area contributed by atoms with Crippen LogP contribution in [0, 0.1) is 20.8 Å². The van der Waals surface area contributed by atoms with Crippen LogP contribution in [0.3, 0.4) is 0 Å². The summed E-state index contributed by atoms with van der Waals surface area (Å²) < 4.78 is 7.04. The van der Waals surface area contributed by atoms with Gasteiger partial charge in [-0.25, -0.2) is 0 Å². The number of benzene rings is 3. The van der Waals surface area contributed by atoms with E-state index in [4.69, 9.17) is 4.74 Å². The molecule has 26 heavy (non-hydrogen) atoms. The van der Waals surface area contributed by atoms with Gasteiger partial charge in [-0.3, -0.25) is 0 Å². The van der Waals surface area contributed by atoms with E-state index in [9.17, 15) is 0 Å². The molecule has 1 unspecified atom stereocenters. The van der Waals surface area contributed by atoms with Gasteiger partial charge in [0, 0.05) is 0 Å². The molecule has 0 N–H and O–H groups in total. The van der Waals surface area contributed by atoms with E-state index < -0.39 is 0 Å². The minimum absolute atomic E-state index is 0.418. The molecule has 0 aliphatic carbocycles. The van der Waals surface area contributed by atoms with Crippen LogP contribution in [0.1, 0.15) is 33.7 Å². The van der Waals surface area contributed by atoms with Crippen molar-refractivity contribution in [3.63, 3.8) is 0 Å². The molecule has 3 aromatic carbocycles. The fourth-order valence-corrected chi connectivity index (χ4v) is 5.78. The monoisotopic (exact) mass is 410 g/mol. The van der Waals surface area contributed by atoms with Crippen molar-refractivity contribution in [1.82, 2.24) is 0 Å². The molecule has 0 amide bonds. The molecule has 134 valence electrons. The molecule has 0 fully saturated rings. The molecule has 2 heteroatoms. The van der Waals surface area contributed by atoms with Crippen LogP contribution in [0.5, 0.6) is 5.75 Å². The molecule has 0 aliphatic rings. The minimum atomic E-state index is 0.418. The first-order chi connectivity index (χ1) is 12.6. The summed E-state index contributed by atoms with van der Waals surface area (Å²) in [5.41, 5.74) is 6.80. The summed E-state index contributed by atoms with van der Waals surface area (Å²) in [6.45, 7) is 6.63. The van der Waals surface area contributed by atoms with Gasteiger partial charge in [-0.15, -0.1) is 0 Å². The van der Waals surface area contributed by atoms with Crippen molar-refractivity contribution in [3.8, 4) is 5.75 Å². The predicted molar refractivity (Wildman–Crippen MR) is 112 cm³/mol. The summed E-state index contributed by atoms with van der Waals surface area (Å²) in [5.74, 6) is 1.41. The second-order valence-electron chi connectivity index (χ2n) is 6.65. The molecule has 0 aromatic heterocycles. The van der Waals surface area contributed by atoms with Gasteiger partial charge in [0.1, 0.15) is 0 Å². The molecular formula is C24H26OSe. The number of aryl methyl sites for hydroxylation is 1. The third-order valence-corrected chi connectivity index (χ3v) is 7.36. The molecule has 1 nitrogen and oxygen atoms in total. The van der Waals surface area contributed by atoms with Crippen LogP contribution in [0.25, 0.3) is 0 Å². The van der Waals surface area contributed by atoms with Gasteiger partial charge in [-0.2, -0.15) is 0 Å². The fourth-order valence-electron chi connectivity index (χ4n) is 3.54. The van der Waals surface area contributed by atoms with Gasteiger partial charge in [-0.05, 0) is 0 Å². The van der Waals surface area contributed by atoms with E-state index >= 15 is 0 Å². The second-order valence-corrected chi connectivity index (χ2v) is 8.94. The van der Waals surface area contributed by atoms with Crippen LogP contribution in [0.4, 0.5) is 0 Å². The summed E-state index contributed by atoms with van der Waals surface area (Å²) in [5, 5.41) is 1.16. The second kappa shape index (κ2) is 8.58. The van der Waals surface area contributed by atoms with E-state index in [2.05, 4.69) is 87.5 Å². The molecule has 0 saturated carbocycles. The van der Waals surface area contributed by atoms with Gasteiger partial charge in [-0.1, -0.05) is 0 Å². The van der Waals surface area contributed by atoms with Gasteiger partial charge in [0.2, 0.25) is 0 Å². The zero-order valence-electron chi connectivity index (χ0n) is 16.0. The average Bonchev–Trinajstić information content (AvgIpc) is 2.68. The van der Waals surface area contributed by atoms with E-state index in [-0.39, 0.29) is 0 Å². The standard InChI is InChI=1S/C24H26OSe/c1-17-15-23(25-4)18(2)19(3)24(17)22(20-11-7-5-8-12-20)16-26-21-13-9-6-10-14-21/h5-15,22H,16H2,1-4H3. The number of hydrogen-bond donors (Lipinski definition) is 0. The van der Waals surface area contributed by atoms with Gasteiger partial charge >= 0.3 is 164 Å². The van der Waals surface area contributed by atoms with Gasteiger partial charge in [0.05, 0.1) is 0 Å². The fraction of sp³-hybridized carbons (Fsp3) is 0.250. The number of rotatable bonds is 6. The average molecular weight is 409 g/mol. The van der Waals surface area contributed by atoms with Crippen LogP contribution in [0.2, 0.25) is 5.32 Å². The molecule has 0 saturated heterocycles. The van der Waals surface area contributed by atoms with E-state index in [0.717, 1.165) is 11.1 Å². The summed E-state index contributed by atoms with van der Waals surface area (Å²) in [7, 11) is 1.76. The van der Waals surface area contributed by atoms with E-state index in [1.54, 1.807) is 7.11 Å². The van der Waals surface area contributed by atoms with Gasteiger partial charge in [0.15, 0.2) is 0 Å². The maximum atomic E-state index is 5.58. The van der Waals surface area contributed by atoms with Crippen LogP contribution in [-0.4, -0.2) is 22.1 Å². The Balaban J connectivity index is 2.03. The quantitative estimate of drug-likeness (QED) is 0.509. The topological polar surface area (TPSA) is 9.23 Å². The van der Waals surface area contributed by atoms with Crippen molar-refractivity contribution < 1.29 is 4.74 Å². The molecule has 3 aromatic rings. The summed E-state index contributed by atoms with van der Waals surface area (Å²) in [6, 6.07) is 24.0. The van der Waals surface area contributed by atoms with Crippen molar-refractivity contribution in [3.05, 3.63) is 94.5 Å². The van der Waals surface area contributed by atoms with Crippen molar-refractivity contribution in [2.45, 2.75) is 32.0 Å². The van der Waals surface area contributed by atoms with E-state index in [1.807, 2.05) is 0 Å². The predicted octanol–water partition coefficient (Wildman–Crippen LogP) is 5.20. The first-order valence-corrected chi connectivity index (χ1v) is 11.1. The Bertz CT molecular complexity index is 856. The Morgan fingerprint density at radius 2 is 1.46 bits per heavy atom. The Hall–Kier alpha value is -2.02. The van der Waals surface area contributed by atoms with E-state index in [1.165, 1.54) is 32.3 Å². The number of ether oxygens (including phenoxy) is 1. The summed E-state index contributed by atoms with van der Waals surface area (Å²) in [6.07, 6.45) is 0. The Labute approximate surface area is 163 Å². The van der Waals surface area contributed by atoms with Crippen molar-refractivity contribution >= 4 is 19.4 Å². The number of methoxy groups -OCH3 is 1. The maximum absolute atomic E-state index is 5.58. The first kappa shape index (κ1) is 18.8. The third kappa shape index (κ3) is 4.03. The van der Waals surface area contributed by atoms with Crippen LogP contribution < -0.4 is 9.20 Å². The van der Waals surface area contributed by atoms with Gasteiger partial charge < -0.3 is 0 Å². The Morgan fingerprint density at radius 1 is 0.846 bits per heavy atom. The van der Waals surface area contributed by atoms with Crippen molar-refractivity contribution in [2.24, 2.45) is 0 Å². The zero-order chi connectivity index (χ0) is 18.5. The van der Waals surface area contributed by atoms with Crippen LogP contribution in [-0.2, 0) is 0 Å². The van der Waals surface area contributed by atoms with E-state index in [0.29, 0.717) is 20.9 Å². The molecular weight excluding hydrogens is 383 g/mol. The molecule has 0 bridgehead atoms. The Kier molecular flexibility index (Phi) is 6.19.